The van der Waals surface area contributed by atoms with Gasteiger partial charge >= 0.3 is 0 Å². The summed E-state index contributed by atoms with van der Waals surface area (Å²) in [4.78, 5) is 11.7. The number of carbonyl (C=O) groups is 1. The van der Waals surface area contributed by atoms with Gasteiger partial charge in [-0.3, -0.25) is 4.79 Å². The predicted octanol–water partition coefficient (Wildman–Crippen LogP) is 2.89. The van der Waals surface area contributed by atoms with Gasteiger partial charge in [0.25, 0.3) is 5.91 Å². The van der Waals surface area contributed by atoms with E-state index in [4.69, 9.17) is 4.74 Å². The lowest BCUT2D eigenvalue weighted by Crippen LogP contribution is -2.34. The van der Waals surface area contributed by atoms with Crippen molar-refractivity contribution >= 4 is 23.0 Å². The second kappa shape index (κ2) is 5.70. The second-order valence-corrected chi connectivity index (χ2v) is 5.04. The summed E-state index contributed by atoms with van der Waals surface area (Å²) in [6.45, 7) is 1.67. The number of anilines is 3. The molecule has 0 saturated carbocycles. The van der Waals surface area contributed by atoms with Crippen LogP contribution in [0.2, 0.25) is 0 Å². The Bertz CT molecular complexity index is 845. The Kier molecular flexibility index (Phi) is 3.58. The Morgan fingerprint density at radius 2 is 1.87 bits per heavy atom. The molecule has 0 fully saturated rings. The third-order valence-electron chi connectivity index (χ3n) is 3.49. The van der Waals surface area contributed by atoms with Crippen molar-refractivity contribution in [3.8, 4) is 17.9 Å². The van der Waals surface area contributed by atoms with Gasteiger partial charge in [0.05, 0.1) is 22.5 Å². The number of hydrogen-bond acceptors (Lipinski definition) is 5. The van der Waals surface area contributed by atoms with Crippen LogP contribution in [0.4, 0.5) is 17.1 Å². The van der Waals surface area contributed by atoms with Crippen LogP contribution in [0.5, 0.6) is 5.75 Å². The SMILES string of the molecule is CC1Oc2ccc(Nc3c(C#N)cccc3C#N)cc2NC1=O. The molecule has 1 aliphatic rings. The molecule has 2 aromatic carbocycles. The molecule has 1 heterocycles. The molecule has 112 valence electrons. The summed E-state index contributed by atoms with van der Waals surface area (Å²) < 4.78 is 5.49. The fourth-order valence-electron chi connectivity index (χ4n) is 2.30. The van der Waals surface area contributed by atoms with Gasteiger partial charge in [-0.15, -0.1) is 0 Å². The Morgan fingerprint density at radius 3 is 2.52 bits per heavy atom. The maximum atomic E-state index is 11.7. The van der Waals surface area contributed by atoms with Crippen LogP contribution in [0, 0.1) is 22.7 Å². The predicted molar refractivity (Wildman–Crippen MR) is 84.3 cm³/mol. The summed E-state index contributed by atoms with van der Waals surface area (Å²) in [5.41, 5.74) is 2.37. The van der Waals surface area contributed by atoms with E-state index in [1.165, 1.54) is 0 Å². The van der Waals surface area contributed by atoms with Crippen molar-refractivity contribution in [2.75, 3.05) is 10.6 Å². The lowest BCUT2D eigenvalue weighted by Gasteiger charge is -2.24. The maximum absolute atomic E-state index is 11.7. The molecule has 0 spiro atoms. The second-order valence-electron chi connectivity index (χ2n) is 5.04. The first-order valence-corrected chi connectivity index (χ1v) is 6.94. The average molecular weight is 304 g/mol. The first-order valence-electron chi connectivity index (χ1n) is 6.94. The molecule has 2 aromatic rings. The molecule has 6 nitrogen and oxygen atoms in total. The lowest BCUT2D eigenvalue weighted by atomic mass is 10.1. The van der Waals surface area contributed by atoms with E-state index in [1.807, 2.05) is 0 Å². The van der Waals surface area contributed by atoms with Gasteiger partial charge in [-0.2, -0.15) is 10.5 Å². The Balaban J connectivity index is 1.97. The molecule has 1 amide bonds. The van der Waals surface area contributed by atoms with Crippen LogP contribution >= 0.6 is 0 Å². The lowest BCUT2D eigenvalue weighted by molar-refractivity contribution is -0.122. The number of hydrogen-bond donors (Lipinski definition) is 2. The zero-order valence-electron chi connectivity index (χ0n) is 12.3. The van der Waals surface area contributed by atoms with Crippen molar-refractivity contribution in [2.24, 2.45) is 0 Å². The van der Waals surface area contributed by atoms with Gasteiger partial charge < -0.3 is 15.4 Å². The zero-order valence-corrected chi connectivity index (χ0v) is 12.3. The summed E-state index contributed by atoms with van der Waals surface area (Å²) in [5.74, 6) is 0.363. The number of para-hydroxylation sites is 1. The van der Waals surface area contributed by atoms with E-state index in [9.17, 15) is 15.3 Å². The van der Waals surface area contributed by atoms with Crippen molar-refractivity contribution in [3.63, 3.8) is 0 Å². The topological polar surface area (TPSA) is 97.9 Å². The summed E-state index contributed by atoms with van der Waals surface area (Å²) in [7, 11) is 0. The van der Waals surface area contributed by atoms with E-state index in [0.717, 1.165) is 0 Å². The molecule has 2 N–H and O–H groups in total. The average Bonchev–Trinajstić information content (AvgIpc) is 2.56. The van der Waals surface area contributed by atoms with E-state index in [2.05, 4.69) is 22.8 Å². The third kappa shape index (κ3) is 2.66. The third-order valence-corrected chi connectivity index (χ3v) is 3.49. The van der Waals surface area contributed by atoms with E-state index in [-0.39, 0.29) is 5.91 Å². The number of carbonyl (C=O) groups excluding carboxylic acids is 1. The smallest absolute Gasteiger partial charge is 0.265 e. The number of nitrogens with one attached hydrogen (secondary N) is 2. The molecule has 0 aliphatic carbocycles. The first kappa shape index (κ1) is 14.4. The van der Waals surface area contributed by atoms with Crippen molar-refractivity contribution in [1.82, 2.24) is 0 Å². The van der Waals surface area contributed by atoms with Crippen molar-refractivity contribution < 1.29 is 9.53 Å². The maximum Gasteiger partial charge on any atom is 0.265 e. The zero-order chi connectivity index (χ0) is 16.4. The highest BCUT2D eigenvalue weighted by Crippen LogP contribution is 2.34. The minimum absolute atomic E-state index is 0.218. The highest BCUT2D eigenvalue weighted by atomic mass is 16.5. The molecule has 1 aliphatic heterocycles. The van der Waals surface area contributed by atoms with Crippen LogP contribution in [0.3, 0.4) is 0 Å². The number of nitrogens with zero attached hydrogens (tertiary/aromatic N) is 2. The van der Waals surface area contributed by atoms with Crippen LogP contribution in [0.15, 0.2) is 36.4 Å². The number of ether oxygens (including phenoxy) is 1. The Labute approximate surface area is 132 Å². The molecule has 1 unspecified atom stereocenters. The molecular formula is C17H12N4O2. The van der Waals surface area contributed by atoms with Gasteiger partial charge in [-0.05, 0) is 37.3 Å². The van der Waals surface area contributed by atoms with Crippen LogP contribution in [0.25, 0.3) is 0 Å². The quantitative estimate of drug-likeness (QED) is 0.889. The monoisotopic (exact) mass is 304 g/mol. The van der Waals surface area contributed by atoms with E-state index in [0.29, 0.717) is 33.9 Å². The summed E-state index contributed by atoms with van der Waals surface area (Å²) in [6, 6.07) is 14.2. The van der Waals surface area contributed by atoms with Crippen LogP contribution in [-0.2, 0) is 4.79 Å². The molecular weight excluding hydrogens is 292 g/mol. The minimum Gasteiger partial charge on any atom is -0.479 e. The number of fused-ring (bicyclic) bond motifs is 1. The van der Waals surface area contributed by atoms with Crippen molar-refractivity contribution in [1.29, 1.82) is 10.5 Å². The molecule has 0 radical (unpaired) electrons. The van der Waals surface area contributed by atoms with E-state index < -0.39 is 6.10 Å². The standard InChI is InChI=1S/C17H12N4O2/c1-10-17(22)21-14-7-13(5-6-15(14)23-10)20-16-11(8-18)3-2-4-12(16)9-19/h2-7,10,20H,1H3,(H,21,22). The van der Waals surface area contributed by atoms with Crippen LogP contribution < -0.4 is 15.4 Å². The highest BCUT2D eigenvalue weighted by molar-refractivity contribution is 5.98. The van der Waals surface area contributed by atoms with Gasteiger partial charge in [0.1, 0.15) is 17.9 Å². The number of nitriles is 2. The summed E-state index contributed by atoms with van der Waals surface area (Å²) >= 11 is 0. The van der Waals surface area contributed by atoms with Gasteiger partial charge in [0, 0.05) is 5.69 Å². The van der Waals surface area contributed by atoms with Gasteiger partial charge in [0.15, 0.2) is 6.10 Å². The highest BCUT2D eigenvalue weighted by Gasteiger charge is 2.23. The summed E-state index contributed by atoms with van der Waals surface area (Å²) in [5, 5.41) is 24.2. The Morgan fingerprint density at radius 1 is 1.17 bits per heavy atom. The molecule has 0 aromatic heterocycles. The fourth-order valence-corrected chi connectivity index (χ4v) is 2.30. The number of benzene rings is 2. The van der Waals surface area contributed by atoms with Gasteiger partial charge in [0.2, 0.25) is 0 Å². The van der Waals surface area contributed by atoms with Gasteiger partial charge in [-0.25, -0.2) is 0 Å². The van der Waals surface area contributed by atoms with Crippen molar-refractivity contribution in [3.05, 3.63) is 47.5 Å². The molecule has 6 heteroatoms. The summed E-state index contributed by atoms with van der Waals surface area (Å²) in [6.07, 6.45) is -0.536. The normalized spacial score (nSPS) is 15.4. The molecule has 0 bridgehead atoms. The Hall–Kier alpha value is -3.51. The van der Waals surface area contributed by atoms with E-state index in [1.54, 1.807) is 43.3 Å². The minimum atomic E-state index is -0.536. The molecule has 23 heavy (non-hydrogen) atoms. The molecule has 0 saturated heterocycles. The fraction of sp³-hybridized carbons (Fsp3) is 0.118. The van der Waals surface area contributed by atoms with Crippen LogP contribution in [-0.4, -0.2) is 12.0 Å². The first-order chi connectivity index (χ1) is 11.1. The molecule has 1 atom stereocenters. The largest absolute Gasteiger partial charge is 0.479 e. The molecule has 3 rings (SSSR count). The van der Waals surface area contributed by atoms with Crippen LogP contribution in [0.1, 0.15) is 18.1 Å². The van der Waals surface area contributed by atoms with E-state index >= 15 is 0 Å². The number of amides is 1. The van der Waals surface area contributed by atoms with Gasteiger partial charge in [-0.1, -0.05) is 6.07 Å². The van der Waals surface area contributed by atoms with Crippen molar-refractivity contribution in [2.45, 2.75) is 13.0 Å². The number of rotatable bonds is 2.